The van der Waals surface area contributed by atoms with Crippen LogP contribution in [0.1, 0.15) is 11.1 Å². The summed E-state index contributed by atoms with van der Waals surface area (Å²) in [6, 6.07) is 45.2. The summed E-state index contributed by atoms with van der Waals surface area (Å²) in [7, 11) is 1.98. The molecule has 7 rings (SSSR count). The Bertz CT molecular complexity index is 2030. The van der Waals surface area contributed by atoms with E-state index in [1.807, 2.05) is 147 Å². The third kappa shape index (κ3) is 9.86. The predicted octanol–water partition coefficient (Wildman–Crippen LogP) is 8.84. The molecule has 0 saturated carbocycles. The minimum absolute atomic E-state index is 0. The molecule has 0 spiro atoms. The third-order valence-electron chi connectivity index (χ3n) is 7.14. The van der Waals surface area contributed by atoms with Crippen molar-refractivity contribution < 1.29 is 51.6 Å². The maximum absolute atomic E-state index is 6.77. The van der Waals surface area contributed by atoms with Crippen molar-refractivity contribution in [3.05, 3.63) is 170 Å². The van der Waals surface area contributed by atoms with Crippen molar-refractivity contribution in [2.24, 2.45) is 0 Å². The van der Waals surface area contributed by atoms with Crippen LogP contribution in [0.3, 0.4) is 0 Å². The first kappa shape index (κ1) is 37.0. The summed E-state index contributed by atoms with van der Waals surface area (Å²) >= 11 is 0. The van der Waals surface area contributed by atoms with E-state index in [9.17, 15) is 0 Å². The molecule has 0 amide bonds. The summed E-state index contributed by atoms with van der Waals surface area (Å²) in [4.78, 5) is 8.48. The molecule has 8 heteroatoms. The van der Waals surface area contributed by atoms with Gasteiger partial charge in [-0.15, -0.1) is 65.8 Å². The van der Waals surface area contributed by atoms with Crippen LogP contribution in [0.25, 0.3) is 22.4 Å². The van der Waals surface area contributed by atoms with E-state index in [1.54, 1.807) is 10.8 Å². The quantitative estimate of drug-likeness (QED) is 0.118. The monoisotopic (exact) mass is 999 g/mol. The molecule has 49 heavy (non-hydrogen) atoms. The zero-order valence-corrected chi connectivity index (χ0v) is 31.3. The van der Waals surface area contributed by atoms with Gasteiger partial charge in [0.15, 0.2) is 0 Å². The molecule has 2 aromatic heterocycles. The van der Waals surface area contributed by atoms with Gasteiger partial charge in [0.25, 0.3) is 0 Å². The minimum Gasteiger partial charge on any atom is -0.669 e. The van der Waals surface area contributed by atoms with E-state index < -0.39 is 0 Å². The number of rotatable bonds is 7. The fourth-order valence-electron chi connectivity index (χ4n) is 4.65. The Kier molecular flexibility index (Phi) is 13.3. The van der Waals surface area contributed by atoms with Crippen molar-refractivity contribution in [2.75, 3.05) is 11.9 Å². The topological polar surface area (TPSA) is 42.8 Å². The fourth-order valence-corrected chi connectivity index (χ4v) is 4.65. The van der Waals surface area contributed by atoms with Gasteiger partial charge in [0.05, 0.1) is 0 Å². The van der Waals surface area contributed by atoms with Gasteiger partial charge in [0.1, 0.15) is 0 Å². The number of anilines is 1. The molecule has 6 aromatic rings. The maximum Gasteiger partial charge on any atom is 4.00 e. The van der Waals surface area contributed by atoms with Crippen molar-refractivity contribution >= 4 is 5.69 Å². The van der Waals surface area contributed by atoms with Gasteiger partial charge in [-0.25, -0.2) is 24.2 Å². The number of hydrogen-bond donors (Lipinski definition) is 0. The van der Waals surface area contributed by atoms with Crippen molar-refractivity contribution in [3.8, 4) is 51.4 Å². The Morgan fingerprint density at radius 2 is 1.37 bits per heavy atom. The molecule has 3 heterocycles. The molecule has 248 valence electrons. The van der Waals surface area contributed by atoms with E-state index in [-0.39, 0.29) is 42.1 Å². The van der Waals surface area contributed by atoms with E-state index in [4.69, 9.17) is 15.9 Å². The molecule has 1 aliphatic rings. The molecule has 1 aliphatic heterocycles. The molecule has 0 radical (unpaired) electrons. The Morgan fingerprint density at radius 1 is 0.735 bits per heavy atom. The number of hydrogen-bond acceptors (Lipinski definition) is 5. The average Bonchev–Trinajstić information content (AvgIpc) is 3.69. The molecular formula is C41H29N4O2Pt2-3. The number of ether oxygens (including phenoxy) is 2. The Hall–Kier alpha value is -4.81. The van der Waals surface area contributed by atoms with Crippen LogP contribution in [0.5, 0.6) is 23.0 Å². The second-order valence-electron chi connectivity index (χ2n) is 10.7. The summed E-state index contributed by atoms with van der Waals surface area (Å²) in [6.45, 7) is 6.00. The van der Waals surface area contributed by atoms with Gasteiger partial charge in [0.2, 0.25) is 0 Å². The predicted molar refractivity (Wildman–Crippen MR) is 182 cm³/mol. The van der Waals surface area contributed by atoms with Gasteiger partial charge >= 0.3 is 21.1 Å². The van der Waals surface area contributed by atoms with Gasteiger partial charge in [-0.2, -0.15) is 43.1 Å². The van der Waals surface area contributed by atoms with Crippen LogP contribution in [-0.2, 0) is 42.1 Å². The Balaban J connectivity index is 0.000000430. The molecular weight excluding hydrogens is 971 g/mol. The summed E-state index contributed by atoms with van der Waals surface area (Å²) in [5.41, 5.74) is 6.54. The molecule has 0 bridgehead atoms. The summed E-state index contributed by atoms with van der Waals surface area (Å²) in [6.07, 6.45) is 16.1. The van der Waals surface area contributed by atoms with Crippen molar-refractivity contribution in [3.63, 3.8) is 0 Å². The van der Waals surface area contributed by atoms with Crippen LogP contribution in [0, 0.1) is 63.3 Å². The van der Waals surface area contributed by atoms with Gasteiger partial charge in [-0.05, 0) is 44.4 Å². The number of nitrogens with zero attached hydrogens (tertiary/aromatic N) is 4. The zero-order valence-electron chi connectivity index (χ0n) is 26.8. The normalized spacial score (nSPS) is 11.4. The van der Waals surface area contributed by atoms with Crippen LogP contribution < -0.4 is 14.4 Å². The Morgan fingerprint density at radius 3 is 2.00 bits per heavy atom. The van der Waals surface area contributed by atoms with Gasteiger partial charge in [0, 0.05) is 56.5 Å². The van der Waals surface area contributed by atoms with Crippen LogP contribution in [-0.4, -0.2) is 21.5 Å². The molecule has 0 saturated heterocycles. The van der Waals surface area contributed by atoms with Crippen molar-refractivity contribution in [2.45, 2.75) is 13.8 Å². The number of para-hydroxylation sites is 1. The number of aryl methyl sites for hydroxylation is 2. The standard InChI is InChI=1S/C33H21N3O2.C8H8N.2Pt/c1-35-18-19-36(24-35)28-10-7-15-32(23-28)38-31-14-6-9-27(21-31)33-22-26(16-17-34-33)25-8-5-13-30(20-25)37-29-11-3-2-4-12-29;1-4-9-5-7(2)8(3)6-9;;/h2-11,13-15,17-19,22,24H,1H3;5-6H,2-3H3;;/q-6;-1;;+4. The first-order valence-corrected chi connectivity index (χ1v) is 14.8. The molecule has 0 unspecified atom stereocenters. The molecule has 0 N–H and O–H groups in total. The van der Waals surface area contributed by atoms with E-state index in [2.05, 4.69) is 41.4 Å². The van der Waals surface area contributed by atoms with E-state index in [0.717, 1.165) is 28.1 Å². The number of aromatic nitrogens is 2. The van der Waals surface area contributed by atoms with Gasteiger partial charge in [-0.3, -0.25) is 11.1 Å². The first-order chi connectivity index (χ1) is 22.9. The maximum atomic E-state index is 6.77. The smallest absolute Gasteiger partial charge is 0.669 e. The van der Waals surface area contributed by atoms with Crippen molar-refractivity contribution in [1.29, 1.82) is 0 Å². The average molecular weight is 1000 g/mol. The molecule has 0 atom stereocenters. The second kappa shape index (κ2) is 17.5. The zero-order chi connectivity index (χ0) is 32.6. The number of pyridine rings is 1. The molecule has 6 nitrogen and oxygen atoms in total. The van der Waals surface area contributed by atoms with Gasteiger partial charge < -0.3 is 35.2 Å². The van der Waals surface area contributed by atoms with Crippen LogP contribution in [0.2, 0.25) is 0 Å². The van der Waals surface area contributed by atoms with Crippen molar-refractivity contribution in [1.82, 2.24) is 14.5 Å². The number of benzene rings is 4. The van der Waals surface area contributed by atoms with E-state index >= 15 is 0 Å². The van der Waals surface area contributed by atoms with E-state index in [0.29, 0.717) is 23.0 Å². The fraction of sp³-hybridized carbons (Fsp3) is 0.0732. The van der Waals surface area contributed by atoms with E-state index in [1.165, 1.54) is 11.1 Å². The summed E-state index contributed by atoms with van der Waals surface area (Å²) in [5, 5.41) is 0. The Labute approximate surface area is 317 Å². The minimum atomic E-state index is 0. The SMILES string of the molecule is CN1C=CN(c2[c-]c(Oc3[c-]c(-c4cc(-c5[c-]c(Oc6[c-]cccc6)ccc5)[c-]cn4)ccc3)ccc2)[CH-]1.[C-]#Cn1cc(C)c(C)c1.[Pt+4].[Pt]. The van der Waals surface area contributed by atoms with Gasteiger partial charge in [-0.1, -0.05) is 18.0 Å². The third-order valence-corrected chi connectivity index (χ3v) is 7.14. The largest absolute Gasteiger partial charge is 4.00 e. The summed E-state index contributed by atoms with van der Waals surface area (Å²) in [5.74, 6) is 2.42. The molecule has 0 aliphatic carbocycles. The first-order valence-electron chi connectivity index (χ1n) is 14.8. The molecule has 0 fully saturated rings. The van der Waals surface area contributed by atoms with Crippen LogP contribution in [0.4, 0.5) is 5.69 Å². The van der Waals surface area contributed by atoms with Crippen LogP contribution in [0.15, 0.2) is 116 Å². The summed E-state index contributed by atoms with van der Waals surface area (Å²) < 4.78 is 13.6. The molecule has 4 aromatic carbocycles. The van der Waals surface area contributed by atoms with Crippen LogP contribution >= 0.6 is 0 Å². The second-order valence-corrected chi connectivity index (χ2v) is 10.7.